The number of nitrogens with one attached hydrogen (secondary N) is 1. The van der Waals surface area contributed by atoms with Gasteiger partial charge in [0.05, 0.1) is 10.9 Å². The molecule has 0 saturated carbocycles. The molecule has 24 heavy (non-hydrogen) atoms. The van der Waals surface area contributed by atoms with Gasteiger partial charge in [-0.25, -0.2) is 4.98 Å². The third-order valence-electron chi connectivity index (χ3n) is 3.45. The second-order valence-electron chi connectivity index (χ2n) is 5.05. The lowest BCUT2D eigenvalue weighted by atomic mass is 10.1. The zero-order valence-electron chi connectivity index (χ0n) is 12.6. The van der Waals surface area contributed by atoms with E-state index < -0.39 is 0 Å². The predicted octanol–water partition coefficient (Wildman–Crippen LogP) is 3.43. The Hall–Kier alpha value is -3.65. The number of hydrogen-bond acceptors (Lipinski definition) is 4. The van der Waals surface area contributed by atoms with Gasteiger partial charge in [-0.15, -0.1) is 0 Å². The third kappa shape index (κ3) is 3.08. The van der Waals surface area contributed by atoms with Crippen LogP contribution in [0.15, 0.2) is 71.2 Å². The molecule has 0 aliphatic carbocycles. The van der Waals surface area contributed by atoms with Crippen LogP contribution in [0.4, 0.5) is 0 Å². The fourth-order valence-corrected chi connectivity index (χ4v) is 2.26. The Morgan fingerprint density at radius 1 is 1.12 bits per heavy atom. The van der Waals surface area contributed by atoms with Crippen LogP contribution in [0.1, 0.15) is 11.4 Å². The van der Waals surface area contributed by atoms with Crippen molar-refractivity contribution < 1.29 is 5.11 Å². The average molecular weight is 315 g/mol. The average Bonchev–Trinajstić information content (AvgIpc) is 2.61. The molecule has 0 fully saturated rings. The molecule has 2 N–H and O–H groups in total. The van der Waals surface area contributed by atoms with Crippen LogP contribution < -0.4 is 5.56 Å². The van der Waals surface area contributed by atoms with Crippen molar-refractivity contribution in [2.24, 2.45) is 0 Å². The topological polar surface area (TPSA) is 89.8 Å². The van der Waals surface area contributed by atoms with E-state index in [1.165, 1.54) is 6.08 Å². The summed E-state index contributed by atoms with van der Waals surface area (Å²) in [6.07, 6.45) is 3.08. The Balaban J connectivity index is 2.06. The minimum Gasteiger partial charge on any atom is -0.506 e. The van der Waals surface area contributed by atoms with E-state index in [-0.39, 0.29) is 22.7 Å². The molecule has 0 aliphatic rings. The van der Waals surface area contributed by atoms with E-state index in [0.29, 0.717) is 10.9 Å². The molecule has 0 saturated heterocycles. The number of aromatic amines is 1. The normalized spacial score (nSPS) is 12.1. The smallest absolute Gasteiger partial charge is 0.259 e. The number of benzene rings is 2. The largest absolute Gasteiger partial charge is 0.506 e. The zero-order valence-corrected chi connectivity index (χ0v) is 12.6. The lowest BCUT2D eigenvalue weighted by Gasteiger charge is -2.03. The molecule has 0 spiro atoms. The maximum absolute atomic E-state index is 12.1. The van der Waals surface area contributed by atoms with Gasteiger partial charge in [-0.2, -0.15) is 5.26 Å². The summed E-state index contributed by atoms with van der Waals surface area (Å²) >= 11 is 0. The highest BCUT2D eigenvalue weighted by molar-refractivity contribution is 5.82. The van der Waals surface area contributed by atoms with Gasteiger partial charge in [0.2, 0.25) is 0 Å². The number of para-hydroxylation sites is 1. The lowest BCUT2D eigenvalue weighted by molar-refractivity contribution is 0.436. The van der Waals surface area contributed by atoms with Crippen LogP contribution in [0.2, 0.25) is 0 Å². The first kappa shape index (κ1) is 15.3. The first-order valence-corrected chi connectivity index (χ1v) is 7.25. The summed E-state index contributed by atoms with van der Waals surface area (Å²) < 4.78 is 0. The summed E-state index contributed by atoms with van der Waals surface area (Å²) in [6, 6.07) is 18.1. The number of allylic oxidation sites excluding steroid dienone is 2. The highest BCUT2D eigenvalue weighted by atomic mass is 16.3. The molecule has 5 nitrogen and oxygen atoms in total. The molecule has 0 aliphatic heterocycles. The lowest BCUT2D eigenvalue weighted by Crippen LogP contribution is -2.11. The quantitative estimate of drug-likeness (QED) is 0.440. The fourth-order valence-electron chi connectivity index (χ4n) is 2.26. The Kier molecular flexibility index (Phi) is 4.21. The number of fused-ring (bicyclic) bond motifs is 1. The molecule has 116 valence electrons. The SMILES string of the molecule is N#CC(=C(O)/C=C\c1ccccc1)c1nc2ccccc2c(=O)[nH]1. The Labute approximate surface area is 137 Å². The monoisotopic (exact) mass is 315 g/mol. The van der Waals surface area contributed by atoms with Gasteiger partial charge >= 0.3 is 0 Å². The fraction of sp³-hybridized carbons (Fsp3) is 0. The van der Waals surface area contributed by atoms with Crippen molar-refractivity contribution >= 4 is 22.6 Å². The number of hydrogen-bond donors (Lipinski definition) is 2. The van der Waals surface area contributed by atoms with Gasteiger partial charge < -0.3 is 10.1 Å². The first-order chi connectivity index (χ1) is 11.7. The molecule has 0 atom stereocenters. The summed E-state index contributed by atoms with van der Waals surface area (Å²) in [5.41, 5.74) is 0.887. The van der Waals surface area contributed by atoms with Gasteiger partial charge in [0, 0.05) is 0 Å². The predicted molar refractivity (Wildman–Crippen MR) is 93.0 cm³/mol. The highest BCUT2D eigenvalue weighted by Gasteiger charge is 2.11. The summed E-state index contributed by atoms with van der Waals surface area (Å²) in [5.74, 6) is -0.226. The molecule has 1 aromatic heterocycles. The van der Waals surface area contributed by atoms with Gasteiger partial charge in [0.15, 0.2) is 5.82 Å². The Bertz CT molecular complexity index is 1040. The van der Waals surface area contributed by atoms with E-state index in [1.807, 2.05) is 36.4 Å². The van der Waals surface area contributed by atoms with Crippen LogP contribution in [0, 0.1) is 11.3 Å². The number of nitriles is 1. The standard InChI is InChI=1S/C19H13N3O2/c20-12-15(17(23)11-10-13-6-2-1-3-7-13)18-21-16-9-5-4-8-14(16)19(24)22-18/h1-11,23H,(H,21,22,24)/b11-10-,17-15?. The number of rotatable bonds is 3. The summed E-state index contributed by atoms with van der Waals surface area (Å²) in [4.78, 5) is 18.9. The van der Waals surface area contributed by atoms with Crippen molar-refractivity contribution in [3.63, 3.8) is 0 Å². The van der Waals surface area contributed by atoms with Gasteiger partial charge in [-0.05, 0) is 23.8 Å². The van der Waals surface area contributed by atoms with Gasteiger partial charge in [-0.1, -0.05) is 48.5 Å². The molecular formula is C19H13N3O2. The first-order valence-electron chi connectivity index (χ1n) is 7.25. The second kappa shape index (κ2) is 6.63. The Morgan fingerprint density at radius 2 is 1.83 bits per heavy atom. The van der Waals surface area contributed by atoms with Gasteiger partial charge in [-0.3, -0.25) is 4.79 Å². The molecule has 0 radical (unpaired) electrons. The highest BCUT2D eigenvalue weighted by Crippen LogP contribution is 2.16. The molecule has 2 aromatic carbocycles. The van der Waals surface area contributed by atoms with E-state index in [4.69, 9.17) is 0 Å². The van der Waals surface area contributed by atoms with Crippen molar-refractivity contribution in [1.29, 1.82) is 5.26 Å². The van der Waals surface area contributed by atoms with Crippen LogP contribution in [-0.4, -0.2) is 15.1 Å². The number of nitrogens with zero attached hydrogens (tertiary/aromatic N) is 2. The van der Waals surface area contributed by atoms with Crippen molar-refractivity contribution in [2.45, 2.75) is 0 Å². The third-order valence-corrected chi connectivity index (χ3v) is 3.45. The molecule has 3 rings (SSSR count). The van der Waals surface area contributed by atoms with Crippen LogP contribution in [0.5, 0.6) is 0 Å². The molecular weight excluding hydrogens is 302 g/mol. The number of aliphatic hydroxyl groups is 1. The summed E-state index contributed by atoms with van der Waals surface area (Å²) in [5, 5.41) is 20.0. The van der Waals surface area contributed by atoms with Gasteiger partial charge in [0.1, 0.15) is 17.4 Å². The van der Waals surface area contributed by atoms with Crippen molar-refractivity contribution in [3.05, 3.63) is 88.2 Å². The van der Waals surface area contributed by atoms with Crippen LogP contribution in [-0.2, 0) is 0 Å². The molecule has 0 amide bonds. The molecule has 5 heteroatoms. The number of aliphatic hydroxyl groups excluding tert-OH is 1. The van der Waals surface area contributed by atoms with Crippen LogP contribution in [0.25, 0.3) is 22.6 Å². The summed E-state index contributed by atoms with van der Waals surface area (Å²) in [7, 11) is 0. The van der Waals surface area contributed by atoms with Crippen LogP contribution >= 0.6 is 0 Å². The minimum absolute atomic E-state index is 0.0383. The molecule has 3 aromatic rings. The second-order valence-corrected chi connectivity index (χ2v) is 5.05. The van der Waals surface area contributed by atoms with E-state index in [1.54, 1.807) is 30.3 Å². The van der Waals surface area contributed by atoms with Gasteiger partial charge in [0.25, 0.3) is 5.56 Å². The van der Waals surface area contributed by atoms with E-state index in [9.17, 15) is 15.2 Å². The number of aromatic nitrogens is 2. The maximum Gasteiger partial charge on any atom is 0.259 e. The van der Waals surface area contributed by atoms with Crippen molar-refractivity contribution in [1.82, 2.24) is 9.97 Å². The van der Waals surface area contributed by atoms with Crippen molar-refractivity contribution in [3.8, 4) is 6.07 Å². The van der Waals surface area contributed by atoms with Crippen LogP contribution in [0.3, 0.4) is 0 Å². The molecule has 0 bridgehead atoms. The molecule has 1 heterocycles. The summed E-state index contributed by atoms with van der Waals surface area (Å²) in [6.45, 7) is 0. The Morgan fingerprint density at radius 3 is 2.58 bits per heavy atom. The maximum atomic E-state index is 12.1. The minimum atomic E-state index is -0.358. The van der Waals surface area contributed by atoms with Crippen molar-refractivity contribution in [2.75, 3.05) is 0 Å². The van der Waals surface area contributed by atoms with E-state index in [0.717, 1.165) is 5.56 Å². The molecule has 0 unspecified atom stereocenters. The zero-order chi connectivity index (χ0) is 16.9. The van der Waals surface area contributed by atoms with E-state index in [2.05, 4.69) is 9.97 Å². The van der Waals surface area contributed by atoms with E-state index >= 15 is 0 Å². The number of H-pyrrole nitrogens is 1.